The topological polar surface area (TPSA) is 59.6 Å². The van der Waals surface area contributed by atoms with Gasteiger partial charge in [-0.25, -0.2) is 0 Å². The molecule has 5 nitrogen and oxygen atoms in total. The number of carbonyl (C=O) groups is 1. The second kappa shape index (κ2) is 6.12. The summed E-state index contributed by atoms with van der Waals surface area (Å²) in [7, 11) is 4.77. The molecule has 0 saturated heterocycles. The monoisotopic (exact) mass is 286 g/mol. The summed E-state index contributed by atoms with van der Waals surface area (Å²) < 4.78 is 10.3. The third kappa shape index (κ3) is 3.52. The number of rotatable bonds is 5. The minimum atomic E-state index is -0.698. The number of anilines is 1. The number of amides is 1. The lowest BCUT2D eigenvalue weighted by Gasteiger charge is -2.23. The van der Waals surface area contributed by atoms with Gasteiger partial charge in [0.1, 0.15) is 0 Å². The van der Waals surface area contributed by atoms with Gasteiger partial charge < -0.3 is 20.1 Å². The Kier molecular flexibility index (Phi) is 5.03. The molecule has 0 radical (unpaired) electrons. The first kappa shape index (κ1) is 15.6. The molecule has 106 valence electrons. The average Bonchev–Trinajstić information content (AvgIpc) is 2.40. The van der Waals surface area contributed by atoms with E-state index in [4.69, 9.17) is 21.1 Å². The van der Waals surface area contributed by atoms with E-state index in [1.54, 1.807) is 33.0 Å². The van der Waals surface area contributed by atoms with Crippen LogP contribution in [0.25, 0.3) is 0 Å². The number of benzene rings is 1. The maximum absolute atomic E-state index is 12.1. The van der Waals surface area contributed by atoms with Crippen LogP contribution in [0.4, 0.5) is 5.69 Å². The summed E-state index contributed by atoms with van der Waals surface area (Å²) in [4.78, 5) is 12.1. The summed E-state index contributed by atoms with van der Waals surface area (Å²) in [5, 5.41) is 6.07. The highest BCUT2D eigenvalue weighted by Crippen LogP contribution is 2.36. The molecule has 1 rings (SSSR count). The molecule has 1 aromatic rings. The van der Waals surface area contributed by atoms with Gasteiger partial charge in [0.15, 0.2) is 11.5 Å². The minimum absolute atomic E-state index is 0.191. The molecule has 2 N–H and O–H groups in total. The molecule has 1 amide bonds. The number of methoxy groups -OCH3 is 2. The lowest BCUT2D eigenvalue weighted by Crippen LogP contribution is -2.47. The number of hydrogen-bond donors (Lipinski definition) is 2. The molecule has 1 aromatic carbocycles. The standard InChI is InChI=1S/C13H19ClN2O3/c1-13(2,15-3)12(17)16-9-7-11(19-5)10(18-4)6-8(9)14/h6-7,15H,1-5H3,(H,16,17). The van der Waals surface area contributed by atoms with Crippen molar-refractivity contribution in [1.29, 1.82) is 0 Å². The van der Waals surface area contributed by atoms with Crippen LogP contribution in [0.3, 0.4) is 0 Å². The maximum atomic E-state index is 12.1. The number of likely N-dealkylation sites (N-methyl/N-ethyl adjacent to an activating group) is 1. The van der Waals surface area contributed by atoms with Crippen molar-refractivity contribution in [2.45, 2.75) is 19.4 Å². The Morgan fingerprint density at radius 3 is 2.21 bits per heavy atom. The first-order valence-corrected chi connectivity index (χ1v) is 6.15. The van der Waals surface area contributed by atoms with E-state index in [1.807, 2.05) is 0 Å². The van der Waals surface area contributed by atoms with Crippen LogP contribution in [0.2, 0.25) is 5.02 Å². The Balaban J connectivity index is 3.05. The zero-order valence-corrected chi connectivity index (χ0v) is 12.5. The lowest BCUT2D eigenvalue weighted by atomic mass is 10.1. The van der Waals surface area contributed by atoms with Gasteiger partial charge in [0.05, 0.1) is 30.5 Å². The number of ether oxygens (including phenoxy) is 2. The van der Waals surface area contributed by atoms with Gasteiger partial charge in [0, 0.05) is 12.1 Å². The molecule has 0 heterocycles. The average molecular weight is 287 g/mol. The van der Waals surface area contributed by atoms with Gasteiger partial charge in [-0.05, 0) is 20.9 Å². The first-order chi connectivity index (χ1) is 8.85. The lowest BCUT2D eigenvalue weighted by molar-refractivity contribution is -0.121. The maximum Gasteiger partial charge on any atom is 0.244 e. The molecule has 19 heavy (non-hydrogen) atoms. The number of carbonyl (C=O) groups excluding carboxylic acids is 1. The van der Waals surface area contributed by atoms with Crippen molar-refractivity contribution in [3.05, 3.63) is 17.2 Å². The van der Waals surface area contributed by atoms with Gasteiger partial charge in [0.2, 0.25) is 5.91 Å². The SMILES string of the molecule is CNC(C)(C)C(=O)Nc1cc(OC)c(OC)cc1Cl. The highest BCUT2D eigenvalue weighted by molar-refractivity contribution is 6.34. The smallest absolute Gasteiger partial charge is 0.244 e. The van der Waals surface area contributed by atoms with Gasteiger partial charge in [-0.15, -0.1) is 0 Å². The number of nitrogens with one attached hydrogen (secondary N) is 2. The van der Waals surface area contributed by atoms with Gasteiger partial charge in [0.25, 0.3) is 0 Å². The van der Waals surface area contributed by atoms with E-state index in [0.717, 1.165) is 0 Å². The van der Waals surface area contributed by atoms with Crippen LogP contribution >= 0.6 is 11.6 Å². The second-order valence-corrected chi connectivity index (χ2v) is 4.92. The summed E-state index contributed by atoms with van der Waals surface area (Å²) in [5.41, 5.74) is -0.219. The molecule has 0 fully saturated rings. The number of hydrogen-bond acceptors (Lipinski definition) is 4. The van der Waals surface area contributed by atoms with Crippen molar-refractivity contribution in [2.24, 2.45) is 0 Å². The van der Waals surface area contributed by atoms with Gasteiger partial charge >= 0.3 is 0 Å². The van der Waals surface area contributed by atoms with Crippen LogP contribution in [0.5, 0.6) is 11.5 Å². The molecule has 0 aliphatic carbocycles. The quantitative estimate of drug-likeness (QED) is 0.872. The normalized spacial score (nSPS) is 11.1. The van der Waals surface area contributed by atoms with Crippen LogP contribution in [0, 0.1) is 0 Å². The Bertz CT molecular complexity index is 475. The van der Waals surface area contributed by atoms with Crippen LogP contribution in [0.15, 0.2) is 12.1 Å². The Labute approximate surface area is 118 Å². The van der Waals surface area contributed by atoms with E-state index in [0.29, 0.717) is 22.2 Å². The zero-order chi connectivity index (χ0) is 14.6. The molecule has 0 spiro atoms. The minimum Gasteiger partial charge on any atom is -0.493 e. The predicted molar refractivity (Wildman–Crippen MR) is 76.3 cm³/mol. The van der Waals surface area contributed by atoms with Crippen LogP contribution < -0.4 is 20.1 Å². The van der Waals surface area contributed by atoms with Gasteiger partial charge in [-0.1, -0.05) is 11.6 Å². The van der Waals surface area contributed by atoms with E-state index < -0.39 is 5.54 Å². The zero-order valence-electron chi connectivity index (χ0n) is 11.8. The van der Waals surface area contributed by atoms with Crippen molar-refractivity contribution in [2.75, 3.05) is 26.6 Å². The van der Waals surface area contributed by atoms with Gasteiger partial charge in [-0.3, -0.25) is 4.79 Å². The summed E-state index contributed by atoms with van der Waals surface area (Å²) in [6.07, 6.45) is 0. The molecule has 0 unspecified atom stereocenters. The van der Waals surface area contributed by atoms with Crippen molar-refractivity contribution in [3.63, 3.8) is 0 Å². The largest absolute Gasteiger partial charge is 0.493 e. The van der Waals surface area contributed by atoms with E-state index >= 15 is 0 Å². The molecule has 6 heteroatoms. The van der Waals surface area contributed by atoms with Crippen molar-refractivity contribution in [3.8, 4) is 11.5 Å². The summed E-state index contributed by atoms with van der Waals surface area (Å²) in [6.45, 7) is 3.55. The molecule has 0 saturated carbocycles. The van der Waals surface area contributed by atoms with E-state index in [2.05, 4.69) is 10.6 Å². The third-order valence-corrected chi connectivity index (χ3v) is 3.23. The summed E-state index contributed by atoms with van der Waals surface area (Å²) in [5.74, 6) is 0.826. The fraction of sp³-hybridized carbons (Fsp3) is 0.462. The third-order valence-electron chi connectivity index (χ3n) is 2.91. The Morgan fingerprint density at radius 1 is 1.21 bits per heavy atom. The Morgan fingerprint density at radius 2 is 1.74 bits per heavy atom. The summed E-state index contributed by atoms with van der Waals surface area (Å²) >= 11 is 6.10. The summed E-state index contributed by atoms with van der Waals surface area (Å²) in [6, 6.07) is 3.23. The molecule has 0 aromatic heterocycles. The molecular formula is C13H19ClN2O3. The molecular weight excluding hydrogens is 268 g/mol. The first-order valence-electron chi connectivity index (χ1n) is 5.77. The van der Waals surface area contributed by atoms with Crippen LogP contribution in [0.1, 0.15) is 13.8 Å². The molecule has 0 bridgehead atoms. The van der Waals surface area contributed by atoms with Crippen LogP contribution in [-0.4, -0.2) is 32.7 Å². The van der Waals surface area contributed by atoms with Crippen molar-refractivity contribution < 1.29 is 14.3 Å². The van der Waals surface area contributed by atoms with E-state index in [1.165, 1.54) is 14.2 Å². The predicted octanol–water partition coefficient (Wildman–Crippen LogP) is 2.29. The fourth-order valence-electron chi connectivity index (χ4n) is 1.34. The fourth-order valence-corrected chi connectivity index (χ4v) is 1.54. The van der Waals surface area contributed by atoms with E-state index in [9.17, 15) is 4.79 Å². The molecule has 0 aliphatic heterocycles. The van der Waals surface area contributed by atoms with Crippen LogP contribution in [-0.2, 0) is 4.79 Å². The molecule has 0 atom stereocenters. The van der Waals surface area contributed by atoms with Crippen molar-refractivity contribution >= 4 is 23.2 Å². The number of halogens is 1. The highest BCUT2D eigenvalue weighted by atomic mass is 35.5. The van der Waals surface area contributed by atoms with E-state index in [-0.39, 0.29) is 5.91 Å². The highest BCUT2D eigenvalue weighted by Gasteiger charge is 2.26. The van der Waals surface area contributed by atoms with Crippen molar-refractivity contribution in [1.82, 2.24) is 5.32 Å². The second-order valence-electron chi connectivity index (χ2n) is 4.52. The molecule has 0 aliphatic rings. The van der Waals surface area contributed by atoms with Gasteiger partial charge in [-0.2, -0.15) is 0 Å². The Hall–Kier alpha value is -1.46.